The number of carbonyl (C=O) groups is 1. The second-order valence-electron chi connectivity index (χ2n) is 6.53. The Morgan fingerprint density at radius 1 is 1.29 bits per heavy atom. The Bertz CT molecular complexity index is 939. The van der Waals surface area contributed by atoms with Crippen LogP contribution in [0.1, 0.15) is 17.1 Å². The molecule has 0 fully saturated rings. The molecule has 1 aromatic carbocycles. The van der Waals surface area contributed by atoms with Crippen molar-refractivity contribution in [3.63, 3.8) is 0 Å². The molecular weight excluding hydrogens is 377 g/mol. The molecule has 0 unspecified atom stereocenters. The van der Waals surface area contributed by atoms with Gasteiger partial charge in [0.2, 0.25) is 5.91 Å². The van der Waals surface area contributed by atoms with E-state index in [1.807, 2.05) is 4.90 Å². The Morgan fingerprint density at radius 2 is 1.96 bits per heavy atom. The van der Waals surface area contributed by atoms with Gasteiger partial charge >= 0.3 is 6.36 Å². The van der Waals surface area contributed by atoms with Gasteiger partial charge in [0.25, 0.3) is 5.56 Å². The van der Waals surface area contributed by atoms with E-state index in [1.165, 1.54) is 16.7 Å². The highest BCUT2D eigenvalue weighted by Crippen LogP contribution is 2.24. The number of benzene rings is 1. The number of fused-ring (bicyclic) bond motifs is 1. The van der Waals surface area contributed by atoms with Crippen molar-refractivity contribution in [3.8, 4) is 5.75 Å². The lowest BCUT2D eigenvalue weighted by Gasteiger charge is -2.27. The van der Waals surface area contributed by atoms with Gasteiger partial charge in [-0.1, -0.05) is 0 Å². The van der Waals surface area contributed by atoms with E-state index in [0.717, 1.165) is 17.8 Å². The van der Waals surface area contributed by atoms with Crippen LogP contribution in [0, 0.1) is 6.92 Å². The minimum atomic E-state index is -4.76. The van der Waals surface area contributed by atoms with Crippen LogP contribution in [0.5, 0.6) is 5.75 Å². The highest BCUT2D eigenvalue weighted by molar-refractivity contribution is 5.92. The molecule has 0 aliphatic carbocycles. The number of hydrogen-bond acceptors (Lipinski definition) is 5. The first-order valence-corrected chi connectivity index (χ1v) is 8.56. The van der Waals surface area contributed by atoms with Crippen molar-refractivity contribution in [1.29, 1.82) is 0 Å². The first kappa shape index (κ1) is 19.9. The van der Waals surface area contributed by atoms with Crippen molar-refractivity contribution >= 4 is 11.6 Å². The molecule has 10 heteroatoms. The number of halogens is 3. The van der Waals surface area contributed by atoms with Crippen LogP contribution >= 0.6 is 0 Å². The number of rotatable bonds is 4. The second kappa shape index (κ2) is 7.63. The van der Waals surface area contributed by atoms with Crippen LogP contribution in [0.15, 0.2) is 29.1 Å². The predicted octanol–water partition coefficient (Wildman–Crippen LogP) is 1.98. The Kier molecular flexibility index (Phi) is 5.41. The molecule has 0 bridgehead atoms. The van der Waals surface area contributed by atoms with Gasteiger partial charge in [0, 0.05) is 32.2 Å². The quantitative estimate of drug-likeness (QED) is 0.856. The van der Waals surface area contributed by atoms with E-state index in [1.54, 1.807) is 14.0 Å². The zero-order chi connectivity index (χ0) is 20.5. The van der Waals surface area contributed by atoms with E-state index < -0.39 is 6.36 Å². The predicted molar refractivity (Wildman–Crippen MR) is 95.0 cm³/mol. The molecule has 0 atom stereocenters. The molecule has 0 spiro atoms. The van der Waals surface area contributed by atoms with Crippen molar-refractivity contribution in [3.05, 3.63) is 51.7 Å². The number of nitrogens with one attached hydrogen (secondary N) is 1. The third-order valence-electron chi connectivity index (χ3n) is 4.48. The van der Waals surface area contributed by atoms with Crippen LogP contribution in [0.25, 0.3) is 0 Å². The summed E-state index contributed by atoms with van der Waals surface area (Å²) in [5.74, 6) is -0.0468. The van der Waals surface area contributed by atoms with E-state index in [2.05, 4.69) is 15.0 Å². The molecule has 1 aliphatic rings. The smallest absolute Gasteiger partial charge is 0.406 e. The number of nitrogens with zero attached hydrogens (tertiary/aromatic N) is 3. The van der Waals surface area contributed by atoms with Gasteiger partial charge < -0.3 is 10.1 Å². The van der Waals surface area contributed by atoms with Gasteiger partial charge in [0.05, 0.1) is 17.8 Å². The lowest BCUT2D eigenvalue weighted by atomic mass is 10.1. The summed E-state index contributed by atoms with van der Waals surface area (Å²) in [7, 11) is 1.66. The summed E-state index contributed by atoms with van der Waals surface area (Å²) >= 11 is 0. The third-order valence-corrected chi connectivity index (χ3v) is 4.48. The van der Waals surface area contributed by atoms with Gasteiger partial charge in [0.1, 0.15) is 11.6 Å². The Balaban J connectivity index is 1.60. The standard InChI is InChI=1S/C18H19F3N4O3/c1-11-22-15-7-8-25(9-14(15)17(27)24(11)2)10-16(26)23-12-3-5-13(6-4-12)28-18(19,20)21/h3-6H,7-10H2,1-2H3,(H,23,26). The molecule has 0 radical (unpaired) electrons. The second-order valence-corrected chi connectivity index (χ2v) is 6.53. The first-order valence-electron chi connectivity index (χ1n) is 8.56. The monoisotopic (exact) mass is 396 g/mol. The molecule has 0 saturated carbocycles. The van der Waals surface area contributed by atoms with Crippen LogP contribution in [-0.2, 0) is 24.8 Å². The number of hydrogen-bond donors (Lipinski definition) is 1. The molecule has 0 saturated heterocycles. The van der Waals surface area contributed by atoms with Crippen LogP contribution in [0.3, 0.4) is 0 Å². The molecule has 7 nitrogen and oxygen atoms in total. The molecule has 1 amide bonds. The van der Waals surface area contributed by atoms with Crippen molar-refractivity contribution in [2.45, 2.75) is 26.3 Å². The normalized spacial score (nSPS) is 14.5. The van der Waals surface area contributed by atoms with Crippen molar-refractivity contribution in [1.82, 2.24) is 14.5 Å². The van der Waals surface area contributed by atoms with E-state index in [0.29, 0.717) is 36.6 Å². The zero-order valence-corrected chi connectivity index (χ0v) is 15.3. The van der Waals surface area contributed by atoms with Crippen molar-refractivity contribution < 1.29 is 22.7 Å². The van der Waals surface area contributed by atoms with E-state index >= 15 is 0 Å². The topological polar surface area (TPSA) is 76.5 Å². The highest BCUT2D eigenvalue weighted by atomic mass is 19.4. The van der Waals surface area contributed by atoms with Crippen LogP contribution in [0.2, 0.25) is 0 Å². The maximum Gasteiger partial charge on any atom is 0.573 e. The van der Waals surface area contributed by atoms with Crippen LogP contribution in [-0.4, -0.2) is 39.8 Å². The fraction of sp³-hybridized carbons (Fsp3) is 0.389. The van der Waals surface area contributed by atoms with Crippen molar-refractivity contribution in [2.24, 2.45) is 7.05 Å². The number of alkyl halides is 3. The van der Waals surface area contributed by atoms with Gasteiger partial charge in [-0.2, -0.15) is 0 Å². The molecule has 2 heterocycles. The van der Waals surface area contributed by atoms with E-state index in [4.69, 9.17) is 0 Å². The lowest BCUT2D eigenvalue weighted by Crippen LogP contribution is -2.41. The molecule has 2 aromatic rings. The molecule has 28 heavy (non-hydrogen) atoms. The summed E-state index contributed by atoms with van der Waals surface area (Å²) < 4.78 is 41.8. The number of anilines is 1. The summed E-state index contributed by atoms with van der Waals surface area (Å²) in [4.78, 5) is 30.9. The Hall–Kier alpha value is -2.88. The summed E-state index contributed by atoms with van der Waals surface area (Å²) in [6.45, 7) is 2.73. The summed E-state index contributed by atoms with van der Waals surface area (Å²) in [5.41, 5.74) is 1.58. The maximum atomic E-state index is 12.4. The third kappa shape index (κ3) is 4.69. The Morgan fingerprint density at radius 3 is 2.61 bits per heavy atom. The first-order chi connectivity index (χ1) is 13.1. The van der Waals surface area contributed by atoms with Crippen molar-refractivity contribution in [2.75, 3.05) is 18.4 Å². The zero-order valence-electron chi connectivity index (χ0n) is 15.3. The fourth-order valence-electron chi connectivity index (χ4n) is 3.02. The number of amides is 1. The summed E-state index contributed by atoms with van der Waals surface area (Å²) in [6.07, 6.45) is -4.19. The largest absolute Gasteiger partial charge is 0.573 e. The molecular formula is C18H19F3N4O3. The summed E-state index contributed by atoms with van der Waals surface area (Å²) in [6, 6.07) is 4.90. The SMILES string of the molecule is Cc1nc2c(c(=O)n1C)CN(CC(=O)Nc1ccc(OC(F)(F)F)cc1)CC2. The molecule has 1 N–H and O–H groups in total. The fourth-order valence-corrected chi connectivity index (χ4v) is 3.02. The van der Waals surface area contributed by atoms with Gasteiger partial charge in [0.15, 0.2) is 0 Å². The minimum Gasteiger partial charge on any atom is -0.406 e. The number of carbonyl (C=O) groups excluding carboxylic acids is 1. The molecule has 1 aromatic heterocycles. The van der Waals surface area contributed by atoms with Gasteiger partial charge in [-0.3, -0.25) is 19.1 Å². The van der Waals surface area contributed by atoms with Crippen LogP contribution < -0.4 is 15.6 Å². The Labute approximate surface area is 158 Å². The number of aryl methyl sites for hydroxylation is 1. The minimum absolute atomic E-state index is 0.0529. The van der Waals surface area contributed by atoms with Gasteiger partial charge in [-0.15, -0.1) is 13.2 Å². The average Bonchev–Trinajstić information content (AvgIpc) is 2.61. The summed E-state index contributed by atoms with van der Waals surface area (Å²) in [5, 5.41) is 2.62. The van der Waals surface area contributed by atoms with E-state index in [9.17, 15) is 22.8 Å². The van der Waals surface area contributed by atoms with Gasteiger partial charge in [-0.05, 0) is 31.2 Å². The molecule has 150 valence electrons. The highest BCUT2D eigenvalue weighted by Gasteiger charge is 2.31. The lowest BCUT2D eigenvalue weighted by molar-refractivity contribution is -0.274. The molecule has 1 aliphatic heterocycles. The number of ether oxygens (including phenoxy) is 1. The number of aromatic nitrogens is 2. The average molecular weight is 396 g/mol. The molecule has 3 rings (SSSR count). The maximum absolute atomic E-state index is 12.4. The van der Waals surface area contributed by atoms with E-state index in [-0.39, 0.29) is 23.8 Å². The van der Waals surface area contributed by atoms with Crippen LogP contribution in [0.4, 0.5) is 18.9 Å². The van der Waals surface area contributed by atoms with Gasteiger partial charge in [-0.25, -0.2) is 4.98 Å².